The Morgan fingerprint density at radius 3 is 2.48 bits per heavy atom. The van der Waals surface area contributed by atoms with Gasteiger partial charge < -0.3 is 19.6 Å². The maximum Gasteiger partial charge on any atom is 0.253 e. The lowest BCUT2D eigenvalue weighted by molar-refractivity contribution is 0.0460. The molecule has 0 aliphatic carbocycles. The van der Waals surface area contributed by atoms with Gasteiger partial charge in [-0.05, 0) is 74.9 Å². The molecule has 0 bridgehead atoms. The van der Waals surface area contributed by atoms with Crippen LogP contribution in [0.1, 0.15) is 42.5 Å². The van der Waals surface area contributed by atoms with Crippen molar-refractivity contribution in [2.24, 2.45) is 5.41 Å². The summed E-state index contributed by atoms with van der Waals surface area (Å²) in [7, 11) is 0. The summed E-state index contributed by atoms with van der Waals surface area (Å²) in [5.74, 6) is 0.267. The lowest BCUT2D eigenvalue weighted by atomic mass is 9.76. The minimum absolute atomic E-state index is 0.0717. The van der Waals surface area contributed by atoms with E-state index in [1.807, 2.05) is 4.90 Å². The van der Waals surface area contributed by atoms with E-state index in [1.165, 1.54) is 25.9 Å². The average molecular weight is 344 g/mol. The first kappa shape index (κ1) is 16.9. The molecule has 1 aromatic rings. The number of amides is 1. The minimum Gasteiger partial charge on any atom is -0.508 e. The SMILES string of the molecule is O=C(c1ccc(O)cc1)N1CCC2(CC1)CO[C@H](CN1CCCC1)C2. The molecule has 3 aliphatic rings. The Morgan fingerprint density at radius 1 is 1.12 bits per heavy atom. The van der Waals surface area contributed by atoms with Gasteiger partial charge in [0.15, 0.2) is 0 Å². The van der Waals surface area contributed by atoms with Crippen LogP contribution < -0.4 is 0 Å². The summed E-state index contributed by atoms with van der Waals surface area (Å²) in [6, 6.07) is 6.55. The summed E-state index contributed by atoms with van der Waals surface area (Å²) in [6.07, 6.45) is 6.24. The third-order valence-electron chi connectivity index (χ3n) is 6.17. The van der Waals surface area contributed by atoms with Crippen LogP contribution in [0.2, 0.25) is 0 Å². The molecule has 1 amide bonds. The molecule has 136 valence electrons. The standard InChI is InChI=1S/C20H28N2O3/c23-17-5-3-16(4-6-17)19(24)22-11-7-20(8-12-22)13-18(25-15-20)14-21-9-1-2-10-21/h3-6,18,23H,1-2,7-15H2/t18-/m0/s1. The van der Waals surface area contributed by atoms with Crippen molar-refractivity contribution < 1.29 is 14.6 Å². The molecule has 4 rings (SSSR count). The summed E-state index contributed by atoms with van der Waals surface area (Å²) in [5.41, 5.74) is 0.930. The molecule has 1 aromatic carbocycles. The number of phenols is 1. The van der Waals surface area contributed by atoms with Gasteiger partial charge in [0.25, 0.3) is 5.91 Å². The Hall–Kier alpha value is -1.59. The number of likely N-dealkylation sites (tertiary alicyclic amines) is 2. The van der Waals surface area contributed by atoms with Gasteiger partial charge >= 0.3 is 0 Å². The van der Waals surface area contributed by atoms with E-state index in [9.17, 15) is 9.90 Å². The molecule has 1 N–H and O–H groups in total. The summed E-state index contributed by atoms with van der Waals surface area (Å²) in [4.78, 5) is 17.1. The maximum atomic E-state index is 12.6. The van der Waals surface area contributed by atoms with E-state index in [0.717, 1.165) is 45.5 Å². The van der Waals surface area contributed by atoms with Gasteiger partial charge in [-0.15, -0.1) is 0 Å². The van der Waals surface area contributed by atoms with Crippen LogP contribution in [0.4, 0.5) is 0 Å². The Balaban J connectivity index is 1.30. The molecular formula is C20H28N2O3. The van der Waals surface area contributed by atoms with E-state index < -0.39 is 0 Å². The summed E-state index contributed by atoms with van der Waals surface area (Å²) in [5, 5.41) is 9.37. The van der Waals surface area contributed by atoms with E-state index in [-0.39, 0.29) is 17.1 Å². The van der Waals surface area contributed by atoms with Gasteiger partial charge in [-0.1, -0.05) is 0 Å². The molecule has 0 radical (unpaired) electrons. The topological polar surface area (TPSA) is 53.0 Å². The quantitative estimate of drug-likeness (QED) is 0.915. The van der Waals surface area contributed by atoms with Gasteiger partial charge in [0.2, 0.25) is 0 Å². The highest BCUT2D eigenvalue weighted by Gasteiger charge is 2.43. The molecule has 25 heavy (non-hydrogen) atoms. The second-order valence-electron chi connectivity index (χ2n) is 7.98. The first-order valence-electron chi connectivity index (χ1n) is 9.56. The summed E-state index contributed by atoms with van der Waals surface area (Å²) in [6.45, 7) is 5.99. The summed E-state index contributed by atoms with van der Waals surface area (Å²) >= 11 is 0. The second kappa shape index (κ2) is 6.96. The second-order valence-corrected chi connectivity index (χ2v) is 7.98. The van der Waals surface area contributed by atoms with Crippen LogP contribution in [-0.4, -0.2) is 66.2 Å². The summed E-state index contributed by atoms with van der Waals surface area (Å²) < 4.78 is 6.13. The highest BCUT2D eigenvalue weighted by molar-refractivity contribution is 5.94. The van der Waals surface area contributed by atoms with Crippen molar-refractivity contribution in [3.8, 4) is 5.75 Å². The molecule has 3 heterocycles. The lowest BCUT2D eigenvalue weighted by Crippen LogP contribution is -2.43. The van der Waals surface area contributed by atoms with Crippen LogP contribution in [0.15, 0.2) is 24.3 Å². The number of benzene rings is 1. The zero-order valence-electron chi connectivity index (χ0n) is 14.8. The molecule has 0 aromatic heterocycles. The molecule has 5 nitrogen and oxygen atoms in total. The van der Waals surface area contributed by atoms with Gasteiger partial charge in [-0.3, -0.25) is 4.79 Å². The predicted molar refractivity (Wildman–Crippen MR) is 95.7 cm³/mol. The first-order chi connectivity index (χ1) is 12.1. The number of piperidine rings is 1. The van der Waals surface area contributed by atoms with Gasteiger partial charge in [-0.2, -0.15) is 0 Å². The van der Waals surface area contributed by atoms with E-state index >= 15 is 0 Å². The van der Waals surface area contributed by atoms with Gasteiger partial charge in [0.1, 0.15) is 5.75 Å². The fourth-order valence-electron chi connectivity index (χ4n) is 4.59. The number of carbonyl (C=O) groups is 1. The largest absolute Gasteiger partial charge is 0.508 e. The number of ether oxygens (including phenoxy) is 1. The zero-order valence-corrected chi connectivity index (χ0v) is 14.8. The van der Waals surface area contributed by atoms with Gasteiger partial charge in [-0.25, -0.2) is 0 Å². The number of hydrogen-bond acceptors (Lipinski definition) is 4. The predicted octanol–water partition coefficient (Wildman–Crippen LogP) is 2.50. The fourth-order valence-corrected chi connectivity index (χ4v) is 4.59. The number of carbonyl (C=O) groups excluding carboxylic acids is 1. The molecule has 1 atom stereocenters. The lowest BCUT2D eigenvalue weighted by Gasteiger charge is -2.38. The number of aromatic hydroxyl groups is 1. The molecule has 3 fully saturated rings. The Morgan fingerprint density at radius 2 is 1.80 bits per heavy atom. The number of hydrogen-bond donors (Lipinski definition) is 1. The minimum atomic E-state index is 0.0717. The van der Waals surface area contributed by atoms with E-state index in [2.05, 4.69) is 4.90 Å². The number of phenolic OH excluding ortho intramolecular Hbond substituents is 1. The van der Waals surface area contributed by atoms with Crippen LogP contribution in [-0.2, 0) is 4.74 Å². The molecule has 0 saturated carbocycles. The maximum absolute atomic E-state index is 12.6. The monoisotopic (exact) mass is 344 g/mol. The van der Waals surface area contributed by atoms with Crippen molar-refractivity contribution in [2.45, 2.75) is 38.2 Å². The van der Waals surface area contributed by atoms with Gasteiger partial charge in [0, 0.05) is 25.2 Å². The highest BCUT2D eigenvalue weighted by atomic mass is 16.5. The normalized spacial score (nSPS) is 26.4. The molecule has 5 heteroatoms. The highest BCUT2D eigenvalue weighted by Crippen LogP contribution is 2.42. The Bertz CT molecular complexity index is 602. The average Bonchev–Trinajstić information content (AvgIpc) is 3.27. The molecule has 1 spiro atoms. The van der Waals surface area contributed by atoms with Crippen molar-refractivity contribution in [1.29, 1.82) is 0 Å². The van der Waals surface area contributed by atoms with E-state index in [1.54, 1.807) is 24.3 Å². The smallest absolute Gasteiger partial charge is 0.253 e. The van der Waals surface area contributed by atoms with Crippen LogP contribution in [0.3, 0.4) is 0 Å². The molecule has 0 unspecified atom stereocenters. The van der Waals surface area contributed by atoms with Crippen LogP contribution >= 0.6 is 0 Å². The number of nitrogens with zero attached hydrogens (tertiary/aromatic N) is 2. The van der Waals surface area contributed by atoms with Crippen LogP contribution in [0.5, 0.6) is 5.75 Å². The van der Waals surface area contributed by atoms with Crippen molar-refractivity contribution in [2.75, 3.05) is 39.3 Å². The first-order valence-corrected chi connectivity index (χ1v) is 9.56. The number of rotatable bonds is 3. The van der Waals surface area contributed by atoms with Crippen LogP contribution in [0, 0.1) is 5.41 Å². The van der Waals surface area contributed by atoms with E-state index in [4.69, 9.17) is 4.74 Å². The molecule has 3 aliphatic heterocycles. The fraction of sp³-hybridized carbons (Fsp3) is 0.650. The Labute approximate surface area is 149 Å². The van der Waals surface area contributed by atoms with Crippen molar-refractivity contribution in [3.05, 3.63) is 29.8 Å². The zero-order chi connectivity index (χ0) is 17.3. The molecular weight excluding hydrogens is 316 g/mol. The van der Waals surface area contributed by atoms with Crippen molar-refractivity contribution >= 4 is 5.91 Å². The van der Waals surface area contributed by atoms with Crippen molar-refractivity contribution in [1.82, 2.24) is 9.80 Å². The van der Waals surface area contributed by atoms with Crippen LogP contribution in [0.25, 0.3) is 0 Å². The van der Waals surface area contributed by atoms with E-state index in [0.29, 0.717) is 11.7 Å². The van der Waals surface area contributed by atoms with Crippen molar-refractivity contribution in [3.63, 3.8) is 0 Å². The third-order valence-corrected chi connectivity index (χ3v) is 6.17. The molecule has 3 saturated heterocycles. The Kier molecular flexibility index (Phi) is 4.69. The third kappa shape index (κ3) is 3.67. The van der Waals surface area contributed by atoms with Gasteiger partial charge in [0.05, 0.1) is 12.7 Å².